The van der Waals surface area contributed by atoms with Crippen LogP contribution in [0.1, 0.15) is 16.7 Å². The van der Waals surface area contributed by atoms with Crippen LogP contribution in [-0.4, -0.2) is 33.5 Å². The monoisotopic (exact) mass is 367 g/mol. The summed E-state index contributed by atoms with van der Waals surface area (Å²) in [7, 11) is 0. The van der Waals surface area contributed by atoms with E-state index < -0.39 is 17.1 Å². The summed E-state index contributed by atoms with van der Waals surface area (Å²) in [6, 6.07) is 9.07. The second kappa shape index (κ2) is 7.53. The number of thioether (sulfide) groups is 1. The van der Waals surface area contributed by atoms with E-state index >= 15 is 0 Å². The van der Waals surface area contributed by atoms with Gasteiger partial charge in [-0.3, -0.25) is 24.3 Å². The molecule has 1 fully saturated rings. The molecule has 3 amide bonds. The van der Waals surface area contributed by atoms with Crippen molar-refractivity contribution in [1.82, 2.24) is 9.88 Å². The molecule has 2 aromatic rings. The highest BCUT2D eigenvalue weighted by atomic mass is 32.2. The zero-order valence-corrected chi connectivity index (χ0v) is 15.2. The summed E-state index contributed by atoms with van der Waals surface area (Å²) in [6.45, 7) is 3.61. The summed E-state index contributed by atoms with van der Waals surface area (Å²) in [5.74, 6) is -0.891. The van der Waals surface area contributed by atoms with Gasteiger partial charge in [-0.2, -0.15) is 0 Å². The van der Waals surface area contributed by atoms with Crippen molar-refractivity contribution in [1.29, 1.82) is 0 Å². The maximum Gasteiger partial charge on any atom is 0.294 e. The van der Waals surface area contributed by atoms with Gasteiger partial charge in [-0.1, -0.05) is 12.1 Å². The predicted molar refractivity (Wildman–Crippen MR) is 101 cm³/mol. The molecule has 1 aromatic heterocycles. The SMILES string of the molecule is Cc1ccc(NC(=O)CN2C(=O)S/C(=C/c3cccnc3)C2=O)cc1C. The first-order valence-corrected chi connectivity index (χ1v) is 8.78. The Morgan fingerprint density at radius 1 is 1.23 bits per heavy atom. The summed E-state index contributed by atoms with van der Waals surface area (Å²) >= 11 is 0.820. The van der Waals surface area contributed by atoms with Crippen LogP contribution >= 0.6 is 11.8 Å². The molecule has 1 N–H and O–H groups in total. The number of benzene rings is 1. The first-order valence-electron chi connectivity index (χ1n) is 7.96. The summed E-state index contributed by atoms with van der Waals surface area (Å²) in [5, 5.41) is 2.26. The number of aryl methyl sites for hydroxylation is 2. The molecule has 0 radical (unpaired) electrons. The van der Waals surface area contributed by atoms with Crippen LogP contribution in [0.25, 0.3) is 6.08 Å². The summed E-state index contributed by atoms with van der Waals surface area (Å²) in [4.78, 5) is 41.9. The van der Waals surface area contributed by atoms with Crippen molar-refractivity contribution in [3.63, 3.8) is 0 Å². The van der Waals surface area contributed by atoms with Crippen LogP contribution in [0.3, 0.4) is 0 Å². The minimum atomic E-state index is -0.473. The lowest BCUT2D eigenvalue weighted by Crippen LogP contribution is -2.36. The van der Waals surface area contributed by atoms with Crippen molar-refractivity contribution in [3.05, 3.63) is 64.3 Å². The Morgan fingerprint density at radius 2 is 2.04 bits per heavy atom. The Morgan fingerprint density at radius 3 is 2.73 bits per heavy atom. The molecule has 0 saturated carbocycles. The largest absolute Gasteiger partial charge is 0.325 e. The predicted octanol–water partition coefficient (Wildman–Crippen LogP) is 3.37. The van der Waals surface area contributed by atoms with Gasteiger partial charge in [-0.25, -0.2) is 0 Å². The average Bonchev–Trinajstić information content (AvgIpc) is 2.86. The van der Waals surface area contributed by atoms with Gasteiger partial charge in [0.2, 0.25) is 5.91 Å². The maximum atomic E-state index is 12.4. The zero-order valence-electron chi connectivity index (χ0n) is 14.4. The van der Waals surface area contributed by atoms with Crippen LogP contribution in [0, 0.1) is 13.8 Å². The Bertz CT molecular complexity index is 910. The minimum absolute atomic E-state index is 0.280. The Labute approximate surface area is 155 Å². The van der Waals surface area contributed by atoms with E-state index in [1.165, 1.54) is 0 Å². The molecule has 0 aliphatic carbocycles. The molecule has 132 valence electrons. The molecule has 26 heavy (non-hydrogen) atoms. The van der Waals surface area contributed by atoms with Crippen molar-refractivity contribution in [2.75, 3.05) is 11.9 Å². The number of amides is 3. The number of carbonyl (C=O) groups excluding carboxylic acids is 3. The highest BCUT2D eigenvalue weighted by Crippen LogP contribution is 2.31. The van der Waals surface area contributed by atoms with E-state index in [2.05, 4.69) is 10.3 Å². The molecule has 0 spiro atoms. The van der Waals surface area contributed by atoms with E-state index in [1.54, 1.807) is 36.7 Å². The number of nitrogens with one attached hydrogen (secondary N) is 1. The third kappa shape index (κ3) is 4.00. The second-order valence-electron chi connectivity index (χ2n) is 5.90. The van der Waals surface area contributed by atoms with E-state index in [9.17, 15) is 14.4 Å². The Balaban J connectivity index is 1.68. The van der Waals surface area contributed by atoms with Crippen molar-refractivity contribution in [2.45, 2.75) is 13.8 Å². The van der Waals surface area contributed by atoms with E-state index in [0.29, 0.717) is 5.69 Å². The summed E-state index contributed by atoms with van der Waals surface area (Å²) in [5.41, 5.74) is 3.52. The number of aromatic nitrogens is 1. The standard InChI is InChI=1S/C19H17N3O3S/c1-12-5-6-15(8-13(12)2)21-17(23)11-22-18(24)16(26-19(22)25)9-14-4-3-7-20-10-14/h3-10H,11H2,1-2H3,(H,21,23)/b16-9+. The van der Waals surface area contributed by atoms with Crippen molar-refractivity contribution in [3.8, 4) is 0 Å². The fourth-order valence-corrected chi connectivity index (χ4v) is 3.25. The van der Waals surface area contributed by atoms with E-state index in [-0.39, 0.29) is 11.4 Å². The number of carbonyl (C=O) groups is 3. The van der Waals surface area contributed by atoms with Crippen LogP contribution in [0.5, 0.6) is 0 Å². The zero-order chi connectivity index (χ0) is 18.7. The molecule has 1 aromatic carbocycles. The lowest BCUT2D eigenvalue weighted by atomic mass is 10.1. The van der Waals surface area contributed by atoms with Gasteiger partial charge in [-0.15, -0.1) is 0 Å². The summed E-state index contributed by atoms with van der Waals surface area (Å²) < 4.78 is 0. The van der Waals surface area contributed by atoms with Crippen LogP contribution in [0.4, 0.5) is 10.5 Å². The quantitative estimate of drug-likeness (QED) is 0.838. The molecule has 2 heterocycles. The fourth-order valence-electron chi connectivity index (χ4n) is 2.41. The van der Waals surface area contributed by atoms with Gasteiger partial charge in [-0.05, 0) is 66.6 Å². The second-order valence-corrected chi connectivity index (χ2v) is 6.89. The Hall–Kier alpha value is -2.93. The normalized spacial score (nSPS) is 15.6. The van der Waals surface area contributed by atoms with Gasteiger partial charge < -0.3 is 5.32 Å². The highest BCUT2D eigenvalue weighted by molar-refractivity contribution is 8.18. The van der Waals surface area contributed by atoms with Crippen molar-refractivity contribution < 1.29 is 14.4 Å². The molecule has 1 aliphatic rings. The molecular formula is C19H17N3O3S. The number of hydrogen-bond donors (Lipinski definition) is 1. The van der Waals surface area contributed by atoms with Crippen molar-refractivity contribution in [2.24, 2.45) is 0 Å². The minimum Gasteiger partial charge on any atom is -0.325 e. The number of nitrogens with zero attached hydrogens (tertiary/aromatic N) is 2. The Kier molecular flexibility index (Phi) is 5.18. The number of pyridine rings is 1. The average molecular weight is 367 g/mol. The van der Waals surface area contributed by atoms with Gasteiger partial charge >= 0.3 is 0 Å². The van der Waals surface area contributed by atoms with E-state index in [1.807, 2.05) is 26.0 Å². The topological polar surface area (TPSA) is 79.4 Å². The van der Waals surface area contributed by atoms with Gasteiger partial charge in [0.15, 0.2) is 0 Å². The van der Waals surface area contributed by atoms with Crippen LogP contribution in [0.15, 0.2) is 47.6 Å². The molecule has 6 nitrogen and oxygen atoms in total. The maximum absolute atomic E-state index is 12.4. The molecular weight excluding hydrogens is 350 g/mol. The number of anilines is 1. The van der Waals surface area contributed by atoms with E-state index in [0.717, 1.165) is 33.4 Å². The van der Waals surface area contributed by atoms with Gasteiger partial charge in [0.1, 0.15) is 6.54 Å². The first kappa shape index (κ1) is 17.9. The van der Waals surface area contributed by atoms with Gasteiger partial charge in [0, 0.05) is 18.1 Å². The molecule has 0 unspecified atom stereocenters. The van der Waals surface area contributed by atoms with Crippen LogP contribution in [0.2, 0.25) is 0 Å². The molecule has 0 bridgehead atoms. The molecule has 3 rings (SSSR count). The molecule has 1 aliphatic heterocycles. The lowest BCUT2D eigenvalue weighted by Gasteiger charge is -2.13. The number of imide groups is 1. The molecule has 0 atom stereocenters. The molecule has 7 heteroatoms. The van der Waals surface area contributed by atoms with Crippen molar-refractivity contribution >= 4 is 40.6 Å². The van der Waals surface area contributed by atoms with Crippen LogP contribution in [-0.2, 0) is 9.59 Å². The van der Waals surface area contributed by atoms with Gasteiger partial charge in [0.25, 0.3) is 11.1 Å². The first-order chi connectivity index (χ1) is 12.4. The van der Waals surface area contributed by atoms with Gasteiger partial charge in [0.05, 0.1) is 4.91 Å². The van der Waals surface area contributed by atoms with E-state index in [4.69, 9.17) is 0 Å². The summed E-state index contributed by atoms with van der Waals surface area (Å²) in [6.07, 6.45) is 4.82. The third-order valence-electron chi connectivity index (χ3n) is 3.95. The fraction of sp³-hybridized carbons (Fsp3) is 0.158. The number of hydrogen-bond acceptors (Lipinski definition) is 5. The highest BCUT2D eigenvalue weighted by Gasteiger charge is 2.36. The third-order valence-corrected chi connectivity index (χ3v) is 4.86. The number of rotatable bonds is 4. The van der Waals surface area contributed by atoms with Crippen LogP contribution < -0.4 is 5.32 Å². The molecule has 1 saturated heterocycles. The smallest absolute Gasteiger partial charge is 0.294 e. The lowest BCUT2D eigenvalue weighted by molar-refractivity contribution is -0.127.